The highest BCUT2D eigenvalue weighted by Gasteiger charge is 2.14. The van der Waals surface area contributed by atoms with Crippen LogP contribution in [0.25, 0.3) is 0 Å². The van der Waals surface area contributed by atoms with Gasteiger partial charge in [0.05, 0.1) is 5.37 Å². The molecule has 1 atom stereocenters. The molecule has 0 bridgehead atoms. The molecule has 0 fully saturated rings. The molecule has 0 heterocycles. The maximum Gasteiger partial charge on any atom is 0.0785 e. The predicted molar refractivity (Wildman–Crippen MR) is 66.1 cm³/mol. The number of thiol groups is 1. The Hall–Kier alpha value is -0.470. The zero-order valence-electron chi connectivity index (χ0n) is 9.63. The van der Waals surface area contributed by atoms with E-state index in [0.29, 0.717) is 0 Å². The van der Waals surface area contributed by atoms with Crippen LogP contribution in [-0.2, 0) is 0 Å². The summed E-state index contributed by atoms with van der Waals surface area (Å²) in [4.78, 5) is 2.12. The third-order valence-electron chi connectivity index (χ3n) is 2.49. The number of aryl methyl sites for hydroxylation is 3. The van der Waals surface area contributed by atoms with Gasteiger partial charge >= 0.3 is 0 Å². The number of nitrogens with zero attached hydrogens (tertiary/aromatic N) is 1. The molecule has 1 nitrogen and oxygen atoms in total. The first kappa shape index (κ1) is 11.6. The van der Waals surface area contributed by atoms with Gasteiger partial charge in [-0.15, -0.1) is 0 Å². The van der Waals surface area contributed by atoms with Gasteiger partial charge in [-0.1, -0.05) is 17.7 Å². The lowest BCUT2D eigenvalue weighted by Crippen LogP contribution is -2.17. The van der Waals surface area contributed by atoms with Gasteiger partial charge in [-0.25, -0.2) is 0 Å². The Balaban J connectivity index is 3.20. The van der Waals surface area contributed by atoms with Crippen LogP contribution in [0.2, 0.25) is 0 Å². The van der Waals surface area contributed by atoms with Crippen molar-refractivity contribution in [2.45, 2.75) is 26.1 Å². The van der Waals surface area contributed by atoms with Crippen molar-refractivity contribution in [3.63, 3.8) is 0 Å². The lowest BCUT2D eigenvalue weighted by atomic mass is 9.99. The molecule has 14 heavy (non-hydrogen) atoms. The minimum Gasteiger partial charge on any atom is -0.294 e. The fraction of sp³-hybridized carbons (Fsp3) is 0.500. The Labute approximate surface area is 92.5 Å². The second-order valence-electron chi connectivity index (χ2n) is 4.15. The van der Waals surface area contributed by atoms with Crippen LogP contribution in [0.1, 0.15) is 27.6 Å². The number of benzene rings is 1. The molecule has 0 aliphatic carbocycles. The molecule has 0 amide bonds. The van der Waals surface area contributed by atoms with Gasteiger partial charge in [0.15, 0.2) is 0 Å². The van der Waals surface area contributed by atoms with Crippen molar-refractivity contribution in [3.05, 3.63) is 34.4 Å². The second-order valence-corrected chi connectivity index (χ2v) is 4.64. The van der Waals surface area contributed by atoms with Gasteiger partial charge in [-0.3, -0.25) is 4.90 Å². The van der Waals surface area contributed by atoms with E-state index in [-0.39, 0.29) is 5.37 Å². The van der Waals surface area contributed by atoms with Crippen LogP contribution < -0.4 is 0 Å². The maximum absolute atomic E-state index is 4.61. The van der Waals surface area contributed by atoms with E-state index in [9.17, 15) is 0 Å². The van der Waals surface area contributed by atoms with E-state index in [1.165, 1.54) is 22.3 Å². The Kier molecular flexibility index (Phi) is 3.62. The monoisotopic (exact) mass is 209 g/mol. The van der Waals surface area contributed by atoms with Crippen molar-refractivity contribution in [2.24, 2.45) is 0 Å². The summed E-state index contributed by atoms with van der Waals surface area (Å²) >= 11 is 4.61. The first-order chi connectivity index (χ1) is 6.43. The highest BCUT2D eigenvalue weighted by atomic mass is 32.1. The van der Waals surface area contributed by atoms with E-state index in [1.54, 1.807) is 0 Å². The fourth-order valence-electron chi connectivity index (χ4n) is 1.86. The quantitative estimate of drug-likeness (QED) is 0.578. The molecule has 0 radical (unpaired) electrons. The van der Waals surface area contributed by atoms with Crippen molar-refractivity contribution in [1.82, 2.24) is 4.90 Å². The Morgan fingerprint density at radius 2 is 1.50 bits per heavy atom. The summed E-state index contributed by atoms with van der Waals surface area (Å²) in [6.45, 7) is 6.44. The maximum atomic E-state index is 4.61. The third-order valence-corrected chi connectivity index (χ3v) is 3.21. The van der Waals surface area contributed by atoms with Crippen molar-refractivity contribution < 1.29 is 0 Å². The van der Waals surface area contributed by atoms with Crippen LogP contribution >= 0.6 is 12.6 Å². The van der Waals surface area contributed by atoms with Crippen LogP contribution in [0.4, 0.5) is 0 Å². The molecule has 0 saturated heterocycles. The van der Waals surface area contributed by atoms with Gasteiger partial charge in [0.25, 0.3) is 0 Å². The second kappa shape index (κ2) is 4.37. The molecule has 0 spiro atoms. The Bertz CT molecular complexity index is 308. The average molecular weight is 209 g/mol. The van der Waals surface area contributed by atoms with Gasteiger partial charge in [0, 0.05) is 0 Å². The van der Waals surface area contributed by atoms with Gasteiger partial charge in [-0.2, -0.15) is 12.6 Å². The number of hydrogen-bond acceptors (Lipinski definition) is 2. The summed E-state index contributed by atoms with van der Waals surface area (Å²) in [5.74, 6) is 0. The molecular formula is C12H19NS. The highest BCUT2D eigenvalue weighted by molar-refractivity contribution is 7.80. The molecule has 0 saturated carbocycles. The van der Waals surface area contributed by atoms with Gasteiger partial charge in [0.1, 0.15) is 0 Å². The highest BCUT2D eigenvalue weighted by Crippen LogP contribution is 2.29. The van der Waals surface area contributed by atoms with Gasteiger partial charge in [0.2, 0.25) is 0 Å². The number of hydrogen-bond donors (Lipinski definition) is 1. The predicted octanol–water partition coefficient (Wildman–Crippen LogP) is 3.10. The van der Waals surface area contributed by atoms with Crippen LogP contribution in [0.5, 0.6) is 0 Å². The number of rotatable bonds is 2. The van der Waals surface area contributed by atoms with E-state index >= 15 is 0 Å². The lowest BCUT2D eigenvalue weighted by molar-refractivity contribution is 0.391. The molecule has 2 heteroatoms. The normalized spacial score (nSPS) is 13.4. The first-order valence-corrected chi connectivity index (χ1v) is 5.37. The lowest BCUT2D eigenvalue weighted by Gasteiger charge is -2.23. The van der Waals surface area contributed by atoms with Crippen molar-refractivity contribution in [2.75, 3.05) is 14.1 Å². The van der Waals surface area contributed by atoms with E-state index in [1.807, 2.05) is 0 Å². The smallest absolute Gasteiger partial charge is 0.0785 e. The molecule has 78 valence electrons. The van der Waals surface area contributed by atoms with Crippen molar-refractivity contribution in [1.29, 1.82) is 0 Å². The average Bonchev–Trinajstić information content (AvgIpc) is 2.01. The summed E-state index contributed by atoms with van der Waals surface area (Å²) < 4.78 is 0. The molecule has 0 aliphatic heterocycles. The molecule has 1 rings (SSSR count). The third kappa shape index (κ3) is 2.31. The minimum absolute atomic E-state index is 0.190. The summed E-state index contributed by atoms with van der Waals surface area (Å²) in [5.41, 5.74) is 5.32. The zero-order valence-corrected chi connectivity index (χ0v) is 10.5. The summed E-state index contributed by atoms with van der Waals surface area (Å²) in [6, 6.07) is 4.43. The van der Waals surface area contributed by atoms with Crippen LogP contribution in [0.3, 0.4) is 0 Å². The Morgan fingerprint density at radius 3 is 1.86 bits per heavy atom. The SMILES string of the molecule is Cc1cc(C)c(C(S)N(C)C)c(C)c1. The van der Waals surface area contributed by atoms with E-state index in [2.05, 4.69) is 64.5 Å². The van der Waals surface area contributed by atoms with Gasteiger partial charge in [-0.05, 0) is 51.6 Å². The van der Waals surface area contributed by atoms with Crippen LogP contribution in [-0.4, -0.2) is 19.0 Å². The van der Waals surface area contributed by atoms with Gasteiger partial charge < -0.3 is 0 Å². The first-order valence-electron chi connectivity index (χ1n) is 4.85. The fourth-order valence-corrected chi connectivity index (χ4v) is 2.26. The standard InChI is InChI=1S/C12H19NS/c1-8-6-9(2)11(10(3)7-8)12(14)13(4)5/h6-7,12,14H,1-5H3. The van der Waals surface area contributed by atoms with Crippen molar-refractivity contribution in [3.8, 4) is 0 Å². The van der Waals surface area contributed by atoms with Crippen LogP contribution in [0.15, 0.2) is 12.1 Å². The largest absolute Gasteiger partial charge is 0.294 e. The van der Waals surface area contributed by atoms with E-state index in [0.717, 1.165) is 0 Å². The molecule has 0 N–H and O–H groups in total. The summed E-state index contributed by atoms with van der Waals surface area (Å²) in [7, 11) is 4.10. The zero-order chi connectivity index (χ0) is 10.9. The van der Waals surface area contributed by atoms with E-state index < -0.39 is 0 Å². The van der Waals surface area contributed by atoms with Crippen molar-refractivity contribution >= 4 is 12.6 Å². The Morgan fingerprint density at radius 1 is 1.07 bits per heavy atom. The molecule has 1 unspecified atom stereocenters. The molecule has 0 aromatic heterocycles. The molecular weight excluding hydrogens is 190 g/mol. The summed E-state index contributed by atoms with van der Waals surface area (Å²) in [5, 5.41) is 0.190. The molecule has 0 aliphatic rings. The topological polar surface area (TPSA) is 3.24 Å². The van der Waals surface area contributed by atoms with Crippen LogP contribution in [0, 0.1) is 20.8 Å². The molecule has 1 aromatic carbocycles. The van der Waals surface area contributed by atoms with E-state index in [4.69, 9.17) is 0 Å². The molecule has 1 aromatic rings. The minimum atomic E-state index is 0.190. The summed E-state index contributed by atoms with van der Waals surface area (Å²) in [6.07, 6.45) is 0.